The number of amides is 2. The van der Waals surface area contributed by atoms with E-state index in [-0.39, 0.29) is 5.78 Å². The standard InChI is InChI=1S/C11H16N2O3/c1-10-3-12(7-14)5-11(2,9(10)16)6-13(4-10)8-15/h7-8H,3-6H2,1-2H3. The van der Waals surface area contributed by atoms with E-state index in [0.29, 0.717) is 26.2 Å². The first-order valence-electron chi connectivity index (χ1n) is 5.37. The summed E-state index contributed by atoms with van der Waals surface area (Å²) in [5.41, 5.74) is -1.21. The fourth-order valence-corrected chi connectivity index (χ4v) is 3.17. The van der Waals surface area contributed by atoms with E-state index in [1.54, 1.807) is 9.80 Å². The Morgan fingerprint density at radius 2 is 1.25 bits per heavy atom. The van der Waals surface area contributed by atoms with Crippen molar-refractivity contribution in [1.29, 1.82) is 0 Å². The van der Waals surface area contributed by atoms with E-state index in [2.05, 4.69) is 0 Å². The van der Waals surface area contributed by atoms with Crippen molar-refractivity contribution in [1.82, 2.24) is 9.80 Å². The number of hydrogen-bond acceptors (Lipinski definition) is 3. The average Bonchev–Trinajstić information content (AvgIpc) is 2.22. The molecule has 2 amide bonds. The molecule has 0 aliphatic carbocycles. The number of likely N-dealkylation sites (tertiary alicyclic amines) is 2. The Balaban J connectivity index is 2.37. The van der Waals surface area contributed by atoms with Crippen LogP contribution in [0.25, 0.3) is 0 Å². The predicted octanol–water partition coefficient (Wildman–Crippen LogP) is -0.488. The normalized spacial score (nSPS) is 38.5. The molecule has 2 aliphatic rings. The molecule has 0 N–H and O–H groups in total. The molecule has 16 heavy (non-hydrogen) atoms. The Hall–Kier alpha value is -1.39. The lowest BCUT2D eigenvalue weighted by molar-refractivity contribution is -0.160. The SMILES string of the molecule is CC12CN(C=O)CC(C)(CN(C=O)C1)C2=O. The third-order valence-electron chi connectivity index (χ3n) is 3.60. The maximum absolute atomic E-state index is 12.3. The quantitative estimate of drug-likeness (QED) is 0.595. The van der Waals surface area contributed by atoms with Crippen LogP contribution in [0.3, 0.4) is 0 Å². The third-order valence-corrected chi connectivity index (χ3v) is 3.60. The maximum Gasteiger partial charge on any atom is 0.209 e. The van der Waals surface area contributed by atoms with Gasteiger partial charge in [-0.15, -0.1) is 0 Å². The van der Waals surface area contributed by atoms with Gasteiger partial charge in [0.05, 0.1) is 10.8 Å². The average molecular weight is 224 g/mol. The Kier molecular flexibility index (Phi) is 2.29. The van der Waals surface area contributed by atoms with Gasteiger partial charge in [-0.25, -0.2) is 0 Å². The molecule has 0 saturated carbocycles. The van der Waals surface area contributed by atoms with E-state index in [9.17, 15) is 14.4 Å². The minimum atomic E-state index is -0.604. The van der Waals surface area contributed by atoms with Crippen LogP contribution < -0.4 is 0 Å². The second-order valence-electron chi connectivity index (χ2n) is 5.47. The van der Waals surface area contributed by atoms with Gasteiger partial charge in [0, 0.05) is 26.2 Å². The number of rotatable bonds is 2. The van der Waals surface area contributed by atoms with Crippen LogP contribution in [0.4, 0.5) is 0 Å². The Labute approximate surface area is 94.4 Å². The minimum absolute atomic E-state index is 0.177. The van der Waals surface area contributed by atoms with Gasteiger partial charge in [-0.3, -0.25) is 14.4 Å². The van der Waals surface area contributed by atoms with Crippen molar-refractivity contribution in [3.8, 4) is 0 Å². The summed E-state index contributed by atoms with van der Waals surface area (Å²) in [5.74, 6) is 0.177. The van der Waals surface area contributed by atoms with Crippen LogP contribution in [-0.2, 0) is 14.4 Å². The van der Waals surface area contributed by atoms with Crippen LogP contribution >= 0.6 is 0 Å². The van der Waals surface area contributed by atoms with Crippen LogP contribution in [0.5, 0.6) is 0 Å². The lowest BCUT2D eigenvalue weighted by atomic mass is 9.64. The van der Waals surface area contributed by atoms with Gasteiger partial charge >= 0.3 is 0 Å². The second kappa shape index (κ2) is 3.30. The number of fused-ring (bicyclic) bond motifs is 2. The number of ketones is 1. The van der Waals surface area contributed by atoms with Crippen LogP contribution in [0.15, 0.2) is 0 Å². The number of piperidine rings is 2. The number of carbonyl (C=O) groups is 3. The summed E-state index contributed by atoms with van der Waals surface area (Å²) < 4.78 is 0. The van der Waals surface area contributed by atoms with Gasteiger partial charge in [0.25, 0.3) is 0 Å². The molecule has 2 saturated heterocycles. The monoisotopic (exact) mass is 224 g/mol. The van der Waals surface area contributed by atoms with E-state index in [0.717, 1.165) is 12.8 Å². The van der Waals surface area contributed by atoms with Crippen molar-refractivity contribution >= 4 is 18.6 Å². The molecule has 0 spiro atoms. The zero-order chi connectivity index (χ0) is 12.0. The molecule has 88 valence electrons. The minimum Gasteiger partial charge on any atom is -0.343 e. The highest BCUT2D eigenvalue weighted by atomic mass is 16.2. The van der Waals surface area contributed by atoms with Crippen molar-refractivity contribution in [2.75, 3.05) is 26.2 Å². The van der Waals surface area contributed by atoms with Gasteiger partial charge in [0.15, 0.2) is 5.78 Å². The lowest BCUT2D eigenvalue weighted by Crippen LogP contribution is -2.67. The van der Waals surface area contributed by atoms with Crippen LogP contribution in [-0.4, -0.2) is 54.6 Å². The molecule has 2 aliphatic heterocycles. The third kappa shape index (κ3) is 1.42. The summed E-state index contributed by atoms with van der Waals surface area (Å²) in [4.78, 5) is 37.3. The molecule has 2 fully saturated rings. The van der Waals surface area contributed by atoms with E-state index in [1.807, 2.05) is 13.8 Å². The van der Waals surface area contributed by atoms with Gasteiger partial charge in [0.1, 0.15) is 0 Å². The van der Waals surface area contributed by atoms with Gasteiger partial charge < -0.3 is 9.80 Å². The van der Waals surface area contributed by atoms with Gasteiger partial charge in [-0.1, -0.05) is 0 Å². The van der Waals surface area contributed by atoms with Gasteiger partial charge in [-0.05, 0) is 13.8 Å². The van der Waals surface area contributed by atoms with Crippen LogP contribution in [0, 0.1) is 10.8 Å². The fraction of sp³-hybridized carbons (Fsp3) is 0.727. The topological polar surface area (TPSA) is 57.7 Å². The van der Waals surface area contributed by atoms with E-state index in [4.69, 9.17) is 0 Å². The highest BCUT2D eigenvalue weighted by Gasteiger charge is 2.55. The molecule has 2 bridgehead atoms. The zero-order valence-corrected chi connectivity index (χ0v) is 9.60. The molecule has 5 nitrogen and oxygen atoms in total. The summed E-state index contributed by atoms with van der Waals surface area (Å²) in [6.07, 6.45) is 1.58. The fourth-order valence-electron chi connectivity index (χ4n) is 3.17. The van der Waals surface area contributed by atoms with Crippen LogP contribution in [0.2, 0.25) is 0 Å². The first kappa shape index (κ1) is 11.1. The van der Waals surface area contributed by atoms with Gasteiger partial charge in [-0.2, -0.15) is 0 Å². The molecular weight excluding hydrogens is 208 g/mol. The van der Waals surface area contributed by atoms with Crippen molar-refractivity contribution < 1.29 is 14.4 Å². The predicted molar refractivity (Wildman–Crippen MR) is 56.5 cm³/mol. The van der Waals surface area contributed by atoms with Crippen LogP contribution in [0.1, 0.15) is 13.8 Å². The molecule has 0 aromatic carbocycles. The number of nitrogens with zero attached hydrogens (tertiary/aromatic N) is 2. The first-order chi connectivity index (χ1) is 7.43. The van der Waals surface area contributed by atoms with Crippen molar-refractivity contribution in [3.05, 3.63) is 0 Å². The van der Waals surface area contributed by atoms with E-state index >= 15 is 0 Å². The highest BCUT2D eigenvalue weighted by Crippen LogP contribution is 2.41. The van der Waals surface area contributed by atoms with Crippen molar-refractivity contribution in [2.24, 2.45) is 10.8 Å². The van der Waals surface area contributed by atoms with Crippen molar-refractivity contribution in [2.45, 2.75) is 13.8 Å². The molecule has 0 aromatic heterocycles. The summed E-state index contributed by atoms with van der Waals surface area (Å²) in [6.45, 7) is 5.31. The molecule has 2 heterocycles. The maximum atomic E-state index is 12.3. The smallest absolute Gasteiger partial charge is 0.209 e. The number of hydrogen-bond donors (Lipinski definition) is 0. The highest BCUT2D eigenvalue weighted by molar-refractivity contribution is 5.93. The molecule has 0 atom stereocenters. The molecule has 0 aromatic rings. The summed E-state index contributed by atoms with van der Waals surface area (Å²) >= 11 is 0. The van der Waals surface area contributed by atoms with E-state index < -0.39 is 10.8 Å². The molecule has 2 rings (SSSR count). The summed E-state index contributed by atoms with van der Waals surface area (Å²) in [7, 11) is 0. The lowest BCUT2D eigenvalue weighted by Gasteiger charge is -2.53. The van der Waals surface area contributed by atoms with Crippen molar-refractivity contribution in [3.63, 3.8) is 0 Å². The molecule has 0 unspecified atom stereocenters. The summed E-state index contributed by atoms with van der Waals surface area (Å²) in [5, 5.41) is 0. The molecule has 0 radical (unpaired) electrons. The zero-order valence-electron chi connectivity index (χ0n) is 9.60. The first-order valence-corrected chi connectivity index (χ1v) is 5.37. The molecule has 5 heteroatoms. The number of carbonyl (C=O) groups excluding carboxylic acids is 3. The largest absolute Gasteiger partial charge is 0.343 e. The van der Waals surface area contributed by atoms with Gasteiger partial charge in [0.2, 0.25) is 12.8 Å². The van der Waals surface area contributed by atoms with E-state index in [1.165, 1.54) is 0 Å². The Morgan fingerprint density at radius 1 is 0.938 bits per heavy atom. The summed E-state index contributed by atoms with van der Waals surface area (Å²) in [6, 6.07) is 0. The Morgan fingerprint density at radius 3 is 1.50 bits per heavy atom. The Bertz CT molecular complexity index is 309. The molecular formula is C11H16N2O3. The second-order valence-corrected chi connectivity index (χ2v) is 5.47. The number of Topliss-reactive ketones (excluding diaryl/α,β-unsaturated/α-hetero) is 1.